The van der Waals surface area contributed by atoms with Gasteiger partial charge in [0.1, 0.15) is 6.10 Å². The van der Waals surface area contributed by atoms with Gasteiger partial charge < -0.3 is 5.11 Å². The summed E-state index contributed by atoms with van der Waals surface area (Å²) < 4.78 is 0. The molecule has 2 aromatic rings. The van der Waals surface area contributed by atoms with E-state index in [1.807, 2.05) is 42.5 Å². The van der Waals surface area contributed by atoms with Gasteiger partial charge in [0.2, 0.25) is 5.54 Å². The van der Waals surface area contributed by atoms with Gasteiger partial charge in [-0.25, -0.2) is 0 Å². The topological polar surface area (TPSA) is 63.4 Å². The molecule has 1 atom stereocenters. The fraction of sp³-hybridized carbons (Fsp3) is 0.250. The average molecular weight is 271 g/mol. The van der Waals surface area contributed by atoms with Gasteiger partial charge in [-0.15, -0.1) is 0 Å². The molecule has 4 heteroatoms. The molecule has 0 saturated carbocycles. The first-order chi connectivity index (χ1) is 9.43. The third kappa shape index (κ3) is 2.70. The van der Waals surface area contributed by atoms with Gasteiger partial charge in [-0.2, -0.15) is 0 Å². The molecule has 0 aliphatic carbocycles. The molecule has 104 valence electrons. The number of benzene rings is 2. The average Bonchev–Trinajstić information content (AvgIpc) is 2.47. The maximum absolute atomic E-state index is 11.0. The Hall–Kier alpha value is -2.20. The second-order valence-electron chi connectivity index (χ2n) is 5.30. The summed E-state index contributed by atoms with van der Waals surface area (Å²) in [6.07, 6.45) is -1.14. The van der Waals surface area contributed by atoms with Gasteiger partial charge >= 0.3 is 0 Å². The molecule has 2 rings (SSSR count). The van der Waals surface area contributed by atoms with Crippen LogP contribution in [-0.2, 0) is 0 Å². The smallest absolute Gasteiger partial charge is 0.246 e. The number of aliphatic hydroxyl groups is 1. The maximum atomic E-state index is 11.0. The molecule has 0 spiro atoms. The maximum Gasteiger partial charge on any atom is 0.246 e. The van der Waals surface area contributed by atoms with E-state index in [1.165, 1.54) is 13.8 Å². The van der Waals surface area contributed by atoms with Crippen molar-refractivity contribution < 1.29 is 10.0 Å². The normalized spacial score (nSPS) is 12.9. The van der Waals surface area contributed by atoms with Crippen molar-refractivity contribution in [1.82, 2.24) is 0 Å². The van der Waals surface area contributed by atoms with Crippen molar-refractivity contribution in [2.75, 3.05) is 0 Å². The van der Waals surface area contributed by atoms with Gasteiger partial charge in [0.15, 0.2) is 0 Å². The Morgan fingerprint density at radius 1 is 1.00 bits per heavy atom. The summed E-state index contributed by atoms with van der Waals surface area (Å²) in [5.41, 5.74) is 1.22. The van der Waals surface area contributed by atoms with Crippen molar-refractivity contribution in [3.05, 3.63) is 70.3 Å². The van der Waals surface area contributed by atoms with E-state index in [9.17, 15) is 15.2 Å². The molecule has 0 fully saturated rings. The summed E-state index contributed by atoms with van der Waals surface area (Å²) in [4.78, 5) is 10.5. The van der Waals surface area contributed by atoms with Gasteiger partial charge in [-0.05, 0) is 16.7 Å². The zero-order chi connectivity index (χ0) is 14.8. The standard InChI is InChI=1S/C16H17NO3/c1-16(2,17(19)20)15(18)14-10-8-13(9-11-14)12-6-4-3-5-7-12/h3-11,15,18H,1-2H3. The highest BCUT2D eigenvalue weighted by molar-refractivity contribution is 5.63. The number of nitrogens with zero attached hydrogens (tertiary/aromatic N) is 1. The molecule has 2 aromatic carbocycles. The van der Waals surface area contributed by atoms with Crippen LogP contribution in [0.15, 0.2) is 54.6 Å². The summed E-state index contributed by atoms with van der Waals surface area (Å²) in [6.45, 7) is 2.84. The molecular weight excluding hydrogens is 254 g/mol. The lowest BCUT2D eigenvalue weighted by molar-refractivity contribution is -0.575. The molecule has 0 aromatic heterocycles. The summed E-state index contributed by atoms with van der Waals surface area (Å²) in [7, 11) is 0. The van der Waals surface area contributed by atoms with E-state index < -0.39 is 16.6 Å². The van der Waals surface area contributed by atoms with Gasteiger partial charge in [0.05, 0.1) is 0 Å². The Bertz CT molecular complexity index is 591. The lowest BCUT2D eigenvalue weighted by Gasteiger charge is -2.22. The van der Waals surface area contributed by atoms with Crippen LogP contribution in [0.2, 0.25) is 0 Å². The molecule has 1 unspecified atom stereocenters. The minimum absolute atomic E-state index is 0.456. The van der Waals surface area contributed by atoms with E-state index in [0.29, 0.717) is 5.56 Å². The third-order valence-electron chi connectivity index (χ3n) is 3.47. The van der Waals surface area contributed by atoms with Crippen LogP contribution in [0.4, 0.5) is 0 Å². The first kappa shape index (κ1) is 14.2. The zero-order valence-electron chi connectivity index (χ0n) is 11.5. The van der Waals surface area contributed by atoms with E-state index in [1.54, 1.807) is 12.1 Å². The van der Waals surface area contributed by atoms with Crippen LogP contribution in [0.1, 0.15) is 25.5 Å². The fourth-order valence-electron chi connectivity index (χ4n) is 2.00. The van der Waals surface area contributed by atoms with Crippen LogP contribution < -0.4 is 0 Å². The highest BCUT2D eigenvalue weighted by atomic mass is 16.6. The molecule has 0 amide bonds. The molecule has 0 saturated heterocycles. The van der Waals surface area contributed by atoms with Gasteiger partial charge in [-0.3, -0.25) is 10.1 Å². The SMILES string of the molecule is CC(C)(C(O)c1ccc(-c2ccccc2)cc1)[N+](=O)[O-]. The first-order valence-electron chi connectivity index (χ1n) is 6.41. The van der Waals surface area contributed by atoms with Crippen molar-refractivity contribution in [1.29, 1.82) is 0 Å². The number of rotatable bonds is 4. The zero-order valence-corrected chi connectivity index (χ0v) is 11.5. The molecule has 4 nitrogen and oxygen atoms in total. The fourth-order valence-corrected chi connectivity index (χ4v) is 2.00. The van der Waals surface area contributed by atoms with Crippen molar-refractivity contribution in [2.24, 2.45) is 0 Å². The second-order valence-corrected chi connectivity index (χ2v) is 5.30. The second kappa shape index (κ2) is 5.43. The minimum atomic E-state index is -1.41. The predicted octanol–water partition coefficient (Wildman–Crippen LogP) is 3.44. The minimum Gasteiger partial charge on any atom is -0.381 e. The van der Waals surface area contributed by atoms with Crippen LogP contribution in [0.25, 0.3) is 11.1 Å². The summed E-state index contributed by atoms with van der Waals surface area (Å²) in [5.74, 6) is 0. The Morgan fingerprint density at radius 3 is 2.00 bits per heavy atom. The Balaban J connectivity index is 2.27. The lowest BCUT2D eigenvalue weighted by atomic mass is 9.91. The van der Waals surface area contributed by atoms with Gasteiger partial charge in [0.25, 0.3) is 0 Å². The first-order valence-corrected chi connectivity index (χ1v) is 6.41. The van der Waals surface area contributed by atoms with Crippen molar-refractivity contribution in [2.45, 2.75) is 25.5 Å². The number of nitro groups is 1. The van der Waals surface area contributed by atoms with Crippen LogP contribution in [0, 0.1) is 10.1 Å². The molecule has 0 aliphatic heterocycles. The molecular formula is C16H17NO3. The molecule has 1 N–H and O–H groups in total. The summed E-state index contributed by atoms with van der Waals surface area (Å²) in [5, 5.41) is 21.1. The summed E-state index contributed by atoms with van der Waals surface area (Å²) >= 11 is 0. The van der Waals surface area contributed by atoms with E-state index in [0.717, 1.165) is 11.1 Å². The quantitative estimate of drug-likeness (QED) is 0.684. The van der Waals surface area contributed by atoms with Gasteiger partial charge in [0, 0.05) is 18.8 Å². The largest absolute Gasteiger partial charge is 0.381 e. The molecule has 0 aliphatic rings. The van der Waals surface area contributed by atoms with Crippen LogP contribution >= 0.6 is 0 Å². The van der Waals surface area contributed by atoms with Crippen molar-refractivity contribution in [3.63, 3.8) is 0 Å². The highest BCUT2D eigenvalue weighted by Crippen LogP contribution is 2.29. The monoisotopic (exact) mass is 271 g/mol. The number of aliphatic hydroxyl groups excluding tert-OH is 1. The van der Waals surface area contributed by atoms with Crippen LogP contribution in [0.3, 0.4) is 0 Å². The molecule has 0 bridgehead atoms. The van der Waals surface area contributed by atoms with Gasteiger partial charge in [-0.1, -0.05) is 54.6 Å². The Morgan fingerprint density at radius 2 is 1.50 bits per heavy atom. The number of hydrogen-bond acceptors (Lipinski definition) is 3. The molecule has 0 radical (unpaired) electrons. The lowest BCUT2D eigenvalue weighted by Crippen LogP contribution is -2.38. The number of hydrogen-bond donors (Lipinski definition) is 1. The van der Waals surface area contributed by atoms with Crippen LogP contribution in [0.5, 0.6) is 0 Å². The summed E-state index contributed by atoms with van der Waals surface area (Å²) in [6, 6.07) is 17.0. The third-order valence-corrected chi connectivity index (χ3v) is 3.47. The molecule has 0 heterocycles. The van der Waals surface area contributed by atoms with Crippen molar-refractivity contribution in [3.8, 4) is 11.1 Å². The Labute approximate surface area is 117 Å². The van der Waals surface area contributed by atoms with Crippen LogP contribution in [-0.4, -0.2) is 15.6 Å². The molecule has 20 heavy (non-hydrogen) atoms. The van der Waals surface area contributed by atoms with Crippen molar-refractivity contribution >= 4 is 0 Å². The van der Waals surface area contributed by atoms with E-state index in [4.69, 9.17) is 0 Å². The van der Waals surface area contributed by atoms with E-state index >= 15 is 0 Å². The highest BCUT2D eigenvalue weighted by Gasteiger charge is 2.40. The predicted molar refractivity (Wildman–Crippen MR) is 77.9 cm³/mol. The van der Waals surface area contributed by atoms with E-state index in [-0.39, 0.29) is 0 Å². The Kier molecular flexibility index (Phi) is 3.86. The van der Waals surface area contributed by atoms with E-state index in [2.05, 4.69) is 0 Å².